The van der Waals surface area contributed by atoms with Crippen molar-refractivity contribution in [3.8, 4) is 0 Å². The molecule has 0 aliphatic heterocycles. The van der Waals surface area contributed by atoms with Gasteiger partial charge in [-0.1, -0.05) is 85.0 Å². The molecule has 4 N–H and O–H groups in total. The third kappa shape index (κ3) is 13.5. The number of nitrogens with two attached hydrogens (primary N) is 2. The SMILES string of the molecule is CCCCCCCCCCOC(CC)C(N)=C(CN)OCCCCCC. The standard InChI is InChI=1S/C22H46N2O2/c1-4-7-9-11-12-13-14-16-17-25-20(6-3)22(24)21(19-23)26-18-15-10-8-5-2/h20H,4-19,23-24H2,1-3H3. The van der Waals surface area contributed by atoms with Gasteiger partial charge in [0, 0.05) is 6.61 Å². The molecule has 0 aromatic carbocycles. The smallest absolute Gasteiger partial charge is 0.131 e. The molecular formula is C22H46N2O2. The highest BCUT2D eigenvalue weighted by Gasteiger charge is 2.15. The molecule has 0 aliphatic rings. The van der Waals surface area contributed by atoms with E-state index in [0.717, 1.165) is 25.9 Å². The highest BCUT2D eigenvalue weighted by atomic mass is 16.5. The number of rotatable bonds is 19. The summed E-state index contributed by atoms with van der Waals surface area (Å²) in [6.07, 6.45) is 16.0. The van der Waals surface area contributed by atoms with Crippen molar-refractivity contribution in [3.05, 3.63) is 11.5 Å². The Labute approximate surface area is 163 Å². The molecule has 0 aromatic heterocycles. The van der Waals surface area contributed by atoms with E-state index in [4.69, 9.17) is 20.9 Å². The van der Waals surface area contributed by atoms with Gasteiger partial charge in [-0.3, -0.25) is 0 Å². The fraction of sp³-hybridized carbons (Fsp3) is 0.909. The first kappa shape index (κ1) is 25.3. The van der Waals surface area contributed by atoms with Crippen LogP contribution in [0.3, 0.4) is 0 Å². The topological polar surface area (TPSA) is 70.5 Å². The van der Waals surface area contributed by atoms with Gasteiger partial charge >= 0.3 is 0 Å². The first-order valence-corrected chi connectivity index (χ1v) is 11.1. The maximum absolute atomic E-state index is 6.28. The van der Waals surface area contributed by atoms with Gasteiger partial charge in [-0.2, -0.15) is 0 Å². The van der Waals surface area contributed by atoms with E-state index in [1.807, 2.05) is 0 Å². The summed E-state index contributed by atoms with van der Waals surface area (Å²) in [5.74, 6) is 0.712. The van der Waals surface area contributed by atoms with Crippen molar-refractivity contribution in [2.45, 2.75) is 110 Å². The van der Waals surface area contributed by atoms with Crippen LogP contribution in [0.1, 0.15) is 104 Å². The molecular weight excluding hydrogens is 324 g/mol. The fourth-order valence-corrected chi connectivity index (χ4v) is 3.05. The molecule has 0 saturated heterocycles. The summed E-state index contributed by atoms with van der Waals surface area (Å²) < 4.78 is 11.8. The summed E-state index contributed by atoms with van der Waals surface area (Å²) >= 11 is 0. The summed E-state index contributed by atoms with van der Waals surface area (Å²) in [5.41, 5.74) is 12.8. The van der Waals surface area contributed by atoms with Crippen LogP contribution >= 0.6 is 0 Å². The molecule has 0 saturated carbocycles. The third-order valence-corrected chi connectivity index (χ3v) is 4.82. The second-order valence-corrected chi connectivity index (χ2v) is 7.23. The summed E-state index contributed by atoms with van der Waals surface area (Å²) in [7, 11) is 0. The van der Waals surface area contributed by atoms with Crippen LogP contribution in [0.15, 0.2) is 11.5 Å². The normalized spacial score (nSPS) is 13.5. The predicted octanol–water partition coefficient (Wildman–Crippen LogP) is 5.65. The Balaban J connectivity index is 4.01. The lowest BCUT2D eigenvalue weighted by molar-refractivity contribution is 0.0649. The van der Waals surface area contributed by atoms with E-state index in [9.17, 15) is 0 Å². The van der Waals surface area contributed by atoms with Crippen molar-refractivity contribution in [3.63, 3.8) is 0 Å². The van der Waals surface area contributed by atoms with Crippen molar-refractivity contribution in [1.82, 2.24) is 0 Å². The second kappa shape index (κ2) is 19.0. The molecule has 26 heavy (non-hydrogen) atoms. The molecule has 0 aromatic rings. The van der Waals surface area contributed by atoms with Crippen LogP contribution in [0.25, 0.3) is 0 Å². The van der Waals surface area contributed by atoms with E-state index in [2.05, 4.69) is 20.8 Å². The maximum atomic E-state index is 6.28. The molecule has 156 valence electrons. The molecule has 1 unspecified atom stereocenters. The van der Waals surface area contributed by atoms with Crippen molar-refractivity contribution in [1.29, 1.82) is 0 Å². The average molecular weight is 371 g/mol. The molecule has 1 atom stereocenters. The van der Waals surface area contributed by atoms with E-state index >= 15 is 0 Å². The van der Waals surface area contributed by atoms with Crippen molar-refractivity contribution < 1.29 is 9.47 Å². The molecule has 0 aliphatic carbocycles. The van der Waals surface area contributed by atoms with Crippen LogP contribution in [-0.4, -0.2) is 25.9 Å². The van der Waals surface area contributed by atoms with Crippen LogP contribution in [-0.2, 0) is 9.47 Å². The maximum Gasteiger partial charge on any atom is 0.131 e. The van der Waals surface area contributed by atoms with E-state index in [1.165, 1.54) is 64.2 Å². The fourth-order valence-electron chi connectivity index (χ4n) is 3.05. The van der Waals surface area contributed by atoms with Crippen LogP contribution < -0.4 is 11.5 Å². The molecule has 0 amide bonds. The molecule has 0 bridgehead atoms. The van der Waals surface area contributed by atoms with Crippen LogP contribution in [0.5, 0.6) is 0 Å². The number of hydrogen-bond acceptors (Lipinski definition) is 4. The minimum Gasteiger partial charge on any atom is -0.495 e. The van der Waals surface area contributed by atoms with Crippen LogP contribution in [0.2, 0.25) is 0 Å². The van der Waals surface area contributed by atoms with Gasteiger partial charge < -0.3 is 20.9 Å². The Bertz CT molecular complexity index is 332. The van der Waals surface area contributed by atoms with E-state index in [0.29, 0.717) is 24.6 Å². The third-order valence-electron chi connectivity index (χ3n) is 4.82. The van der Waals surface area contributed by atoms with Gasteiger partial charge in [0.05, 0.1) is 25.0 Å². The Kier molecular flexibility index (Phi) is 18.5. The minimum atomic E-state index is -0.0752. The van der Waals surface area contributed by atoms with Gasteiger partial charge in [-0.25, -0.2) is 0 Å². The van der Waals surface area contributed by atoms with Gasteiger partial charge in [-0.05, 0) is 19.3 Å². The Morgan fingerprint density at radius 3 is 1.77 bits per heavy atom. The molecule has 0 spiro atoms. The lowest BCUT2D eigenvalue weighted by Gasteiger charge is -2.20. The molecule has 0 heterocycles. The minimum absolute atomic E-state index is 0.0752. The van der Waals surface area contributed by atoms with E-state index in [-0.39, 0.29) is 6.10 Å². The highest BCUT2D eigenvalue weighted by Crippen LogP contribution is 2.14. The molecule has 0 rings (SSSR count). The number of unbranched alkanes of at least 4 members (excludes halogenated alkanes) is 10. The largest absolute Gasteiger partial charge is 0.495 e. The molecule has 4 heteroatoms. The summed E-state index contributed by atoms with van der Waals surface area (Å²) in [5, 5.41) is 0. The summed E-state index contributed by atoms with van der Waals surface area (Å²) in [6, 6.07) is 0. The molecule has 0 radical (unpaired) electrons. The van der Waals surface area contributed by atoms with E-state index < -0.39 is 0 Å². The first-order valence-electron chi connectivity index (χ1n) is 11.1. The van der Waals surface area contributed by atoms with Gasteiger partial charge in [0.25, 0.3) is 0 Å². The predicted molar refractivity (Wildman–Crippen MR) is 113 cm³/mol. The van der Waals surface area contributed by atoms with E-state index in [1.54, 1.807) is 0 Å². The Hall–Kier alpha value is -0.740. The second-order valence-electron chi connectivity index (χ2n) is 7.23. The quantitative estimate of drug-likeness (QED) is 0.228. The van der Waals surface area contributed by atoms with Gasteiger partial charge in [0.1, 0.15) is 5.76 Å². The summed E-state index contributed by atoms with van der Waals surface area (Å²) in [4.78, 5) is 0. The van der Waals surface area contributed by atoms with Crippen molar-refractivity contribution in [2.75, 3.05) is 19.8 Å². The van der Waals surface area contributed by atoms with Crippen molar-refractivity contribution in [2.24, 2.45) is 11.5 Å². The number of ether oxygens (including phenoxy) is 2. The van der Waals surface area contributed by atoms with Crippen LogP contribution in [0.4, 0.5) is 0 Å². The Morgan fingerprint density at radius 1 is 0.731 bits per heavy atom. The Morgan fingerprint density at radius 2 is 1.23 bits per heavy atom. The first-order chi connectivity index (χ1) is 12.7. The van der Waals surface area contributed by atoms with Gasteiger partial charge in [0.15, 0.2) is 0 Å². The van der Waals surface area contributed by atoms with Crippen molar-refractivity contribution >= 4 is 0 Å². The summed E-state index contributed by atoms with van der Waals surface area (Å²) in [6.45, 7) is 8.37. The van der Waals surface area contributed by atoms with Gasteiger partial charge in [0.2, 0.25) is 0 Å². The molecule has 0 fully saturated rings. The average Bonchev–Trinajstić information content (AvgIpc) is 2.66. The van der Waals surface area contributed by atoms with Gasteiger partial charge in [-0.15, -0.1) is 0 Å². The monoisotopic (exact) mass is 370 g/mol. The molecule has 4 nitrogen and oxygen atoms in total. The number of hydrogen-bond donors (Lipinski definition) is 2. The van der Waals surface area contributed by atoms with Crippen LogP contribution in [0, 0.1) is 0 Å². The zero-order chi connectivity index (χ0) is 19.5. The lowest BCUT2D eigenvalue weighted by Crippen LogP contribution is -2.26. The lowest BCUT2D eigenvalue weighted by atomic mass is 10.1. The highest BCUT2D eigenvalue weighted by molar-refractivity contribution is 5.11. The zero-order valence-electron chi connectivity index (χ0n) is 17.9. The zero-order valence-corrected chi connectivity index (χ0v) is 17.9.